The summed E-state index contributed by atoms with van der Waals surface area (Å²) in [5, 5.41) is 2.89. The van der Waals surface area contributed by atoms with E-state index in [4.69, 9.17) is 10.5 Å². The predicted octanol–water partition coefficient (Wildman–Crippen LogP) is 3.15. The van der Waals surface area contributed by atoms with E-state index in [0.29, 0.717) is 17.0 Å². The second-order valence-electron chi connectivity index (χ2n) is 4.70. The molecule has 1 amide bonds. The van der Waals surface area contributed by atoms with Crippen molar-refractivity contribution in [1.82, 2.24) is 0 Å². The summed E-state index contributed by atoms with van der Waals surface area (Å²) in [6.45, 7) is 3.93. The van der Waals surface area contributed by atoms with E-state index < -0.39 is 0 Å². The lowest BCUT2D eigenvalue weighted by atomic mass is 10.1. The lowest BCUT2D eigenvalue weighted by Crippen LogP contribution is -2.14. The van der Waals surface area contributed by atoms with Gasteiger partial charge in [0.1, 0.15) is 0 Å². The third-order valence-electron chi connectivity index (χ3n) is 3.14. The summed E-state index contributed by atoms with van der Waals surface area (Å²) in [5.41, 5.74) is 9.57. The molecule has 0 aliphatic rings. The zero-order valence-electron chi connectivity index (χ0n) is 11.9. The normalized spacial score (nSPS) is 10.2. The third kappa shape index (κ3) is 2.74. The van der Waals surface area contributed by atoms with Crippen LogP contribution in [-0.2, 0) is 0 Å². The molecule has 3 N–H and O–H groups in total. The van der Waals surface area contributed by atoms with E-state index in [1.165, 1.54) is 7.11 Å². The number of anilines is 2. The number of methoxy groups -OCH3 is 1. The van der Waals surface area contributed by atoms with Crippen molar-refractivity contribution in [2.75, 3.05) is 18.2 Å². The number of hydrogen-bond donors (Lipinski definition) is 2. The summed E-state index contributed by atoms with van der Waals surface area (Å²) < 4.78 is 5.20. The average molecular weight is 270 g/mol. The van der Waals surface area contributed by atoms with Crippen molar-refractivity contribution in [1.29, 1.82) is 0 Å². The van der Waals surface area contributed by atoms with Gasteiger partial charge >= 0.3 is 0 Å². The van der Waals surface area contributed by atoms with E-state index >= 15 is 0 Å². The first-order valence-corrected chi connectivity index (χ1v) is 6.34. The molecular weight excluding hydrogens is 252 g/mol. The quantitative estimate of drug-likeness (QED) is 0.842. The number of benzene rings is 2. The van der Waals surface area contributed by atoms with Gasteiger partial charge in [0.2, 0.25) is 0 Å². The van der Waals surface area contributed by atoms with Crippen molar-refractivity contribution in [2.45, 2.75) is 13.8 Å². The zero-order valence-corrected chi connectivity index (χ0v) is 11.9. The lowest BCUT2D eigenvalue weighted by molar-refractivity contribution is 0.102. The van der Waals surface area contributed by atoms with Crippen molar-refractivity contribution < 1.29 is 9.53 Å². The number of carbonyl (C=O) groups is 1. The van der Waals surface area contributed by atoms with Gasteiger partial charge in [-0.1, -0.05) is 18.2 Å². The van der Waals surface area contributed by atoms with Crippen molar-refractivity contribution in [3.05, 3.63) is 53.1 Å². The summed E-state index contributed by atoms with van der Waals surface area (Å²) in [4.78, 5) is 12.4. The number of nitrogens with two attached hydrogens (primary N) is 1. The maximum atomic E-state index is 12.4. The first-order chi connectivity index (χ1) is 9.52. The van der Waals surface area contributed by atoms with Crippen LogP contribution in [0.3, 0.4) is 0 Å². The molecule has 0 saturated carbocycles. The fraction of sp³-hybridized carbons (Fsp3) is 0.188. The standard InChI is InChI=1S/C16H18N2O2/c1-10-7-8-11(2)14(9-10)18-16(19)12-5-4-6-13(17)15(12)20-3/h4-9H,17H2,1-3H3,(H,18,19). The molecule has 0 fully saturated rings. The van der Waals surface area contributed by atoms with Crippen molar-refractivity contribution >= 4 is 17.3 Å². The van der Waals surface area contributed by atoms with Crippen molar-refractivity contribution in [3.63, 3.8) is 0 Å². The van der Waals surface area contributed by atoms with Crippen molar-refractivity contribution in [2.24, 2.45) is 0 Å². The van der Waals surface area contributed by atoms with Crippen LogP contribution in [0.1, 0.15) is 21.5 Å². The van der Waals surface area contributed by atoms with Crippen LogP contribution in [0.15, 0.2) is 36.4 Å². The molecule has 0 heterocycles. The van der Waals surface area contributed by atoms with Gasteiger partial charge in [-0.2, -0.15) is 0 Å². The summed E-state index contributed by atoms with van der Waals surface area (Å²) in [6, 6.07) is 11.0. The maximum absolute atomic E-state index is 12.4. The smallest absolute Gasteiger partial charge is 0.259 e. The van der Waals surface area contributed by atoms with Crippen LogP contribution >= 0.6 is 0 Å². The highest BCUT2D eigenvalue weighted by Crippen LogP contribution is 2.27. The Morgan fingerprint density at radius 1 is 1.20 bits per heavy atom. The fourth-order valence-corrected chi connectivity index (χ4v) is 2.02. The molecule has 0 bridgehead atoms. The van der Waals surface area contributed by atoms with Crippen molar-refractivity contribution in [3.8, 4) is 5.75 Å². The number of aryl methyl sites for hydroxylation is 2. The molecule has 0 radical (unpaired) electrons. The van der Waals surface area contributed by atoms with E-state index in [9.17, 15) is 4.79 Å². The Balaban J connectivity index is 2.33. The second-order valence-corrected chi connectivity index (χ2v) is 4.70. The topological polar surface area (TPSA) is 64.3 Å². The zero-order chi connectivity index (χ0) is 14.7. The largest absolute Gasteiger partial charge is 0.494 e. The van der Waals surface area contributed by atoms with Gasteiger partial charge in [-0.05, 0) is 43.2 Å². The lowest BCUT2D eigenvalue weighted by Gasteiger charge is -2.13. The molecular formula is C16H18N2O2. The van der Waals surface area contributed by atoms with Gasteiger partial charge in [0.05, 0.1) is 18.4 Å². The molecule has 2 aromatic carbocycles. The Hall–Kier alpha value is -2.49. The van der Waals surface area contributed by atoms with Gasteiger partial charge in [0, 0.05) is 5.69 Å². The highest BCUT2D eigenvalue weighted by Gasteiger charge is 2.15. The number of nitrogen functional groups attached to an aromatic ring is 1. The Bertz CT molecular complexity index is 651. The molecule has 0 unspecified atom stereocenters. The van der Waals surface area contributed by atoms with Gasteiger partial charge in [-0.25, -0.2) is 0 Å². The highest BCUT2D eigenvalue weighted by molar-refractivity contribution is 6.07. The molecule has 2 rings (SSSR count). The Labute approximate surface area is 118 Å². The van der Waals surface area contributed by atoms with E-state index in [-0.39, 0.29) is 5.91 Å². The number of hydrogen-bond acceptors (Lipinski definition) is 3. The Kier molecular flexibility index (Phi) is 3.94. The first kappa shape index (κ1) is 13.9. The van der Waals surface area contributed by atoms with Gasteiger partial charge in [-0.15, -0.1) is 0 Å². The summed E-state index contributed by atoms with van der Waals surface area (Å²) in [6.07, 6.45) is 0. The van der Waals surface area contributed by atoms with E-state index in [1.807, 2.05) is 32.0 Å². The van der Waals surface area contributed by atoms with E-state index in [1.54, 1.807) is 18.2 Å². The Morgan fingerprint density at radius 2 is 1.95 bits per heavy atom. The first-order valence-electron chi connectivity index (χ1n) is 6.34. The number of rotatable bonds is 3. The van der Waals surface area contributed by atoms with Crippen LogP contribution in [0.5, 0.6) is 5.75 Å². The molecule has 0 aromatic heterocycles. The molecule has 0 aliphatic carbocycles. The number of nitrogens with one attached hydrogen (secondary N) is 1. The van der Waals surface area contributed by atoms with Crippen LogP contribution in [-0.4, -0.2) is 13.0 Å². The van der Waals surface area contributed by atoms with Gasteiger partial charge in [-0.3, -0.25) is 4.79 Å². The van der Waals surface area contributed by atoms with Crippen LogP contribution < -0.4 is 15.8 Å². The molecule has 2 aromatic rings. The molecule has 4 heteroatoms. The molecule has 0 saturated heterocycles. The molecule has 0 spiro atoms. The molecule has 0 aliphatic heterocycles. The minimum absolute atomic E-state index is 0.233. The maximum Gasteiger partial charge on any atom is 0.259 e. The van der Waals surface area contributed by atoms with Gasteiger partial charge in [0.15, 0.2) is 5.75 Å². The molecule has 20 heavy (non-hydrogen) atoms. The summed E-state index contributed by atoms with van der Waals surface area (Å²) in [5.74, 6) is 0.165. The van der Waals surface area contributed by atoms with E-state index in [0.717, 1.165) is 16.8 Å². The second kappa shape index (κ2) is 5.65. The molecule has 104 valence electrons. The van der Waals surface area contributed by atoms with Crippen LogP contribution in [0.25, 0.3) is 0 Å². The van der Waals surface area contributed by atoms with Crippen LogP contribution in [0, 0.1) is 13.8 Å². The average Bonchev–Trinajstić information content (AvgIpc) is 2.42. The third-order valence-corrected chi connectivity index (χ3v) is 3.14. The summed E-state index contributed by atoms with van der Waals surface area (Å²) in [7, 11) is 1.50. The highest BCUT2D eigenvalue weighted by atomic mass is 16.5. The number of ether oxygens (including phenoxy) is 1. The minimum Gasteiger partial charge on any atom is -0.494 e. The van der Waals surface area contributed by atoms with Crippen LogP contribution in [0.2, 0.25) is 0 Å². The minimum atomic E-state index is -0.233. The van der Waals surface area contributed by atoms with E-state index in [2.05, 4.69) is 5.32 Å². The molecule has 4 nitrogen and oxygen atoms in total. The fourth-order valence-electron chi connectivity index (χ4n) is 2.02. The predicted molar refractivity (Wildman–Crippen MR) is 81.3 cm³/mol. The van der Waals surface area contributed by atoms with Gasteiger partial charge in [0.25, 0.3) is 5.91 Å². The SMILES string of the molecule is COc1c(N)cccc1C(=O)Nc1cc(C)ccc1C. The number of amides is 1. The number of para-hydroxylation sites is 1. The van der Waals surface area contributed by atoms with Gasteiger partial charge < -0.3 is 15.8 Å². The molecule has 0 atom stereocenters. The summed E-state index contributed by atoms with van der Waals surface area (Å²) >= 11 is 0. The van der Waals surface area contributed by atoms with Crippen LogP contribution in [0.4, 0.5) is 11.4 Å². The Morgan fingerprint density at radius 3 is 2.65 bits per heavy atom. The number of carbonyl (C=O) groups excluding carboxylic acids is 1. The monoisotopic (exact) mass is 270 g/mol.